The van der Waals surface area contributed by atoms with Gasteiger partial charge in [-0.2, -0.15) is 0 Å². The third kappa shape index (κ3) is 2.19. The summed E-state index contributed by atoms with van der Waals surface area (Å²) in [5.41, 5.74) is 3.94. The van der Waals surface area contributed by atoms with E-state index in [9.17, 15) is 0 Å². The molecule has 4 rings (SSSR count). The van der Waals surface area contributed by atoms with Crippen LogP contribution in [0.25, 0.3) is 0 Å². The van der Waals surface area contributed by atoms with Gasteiger partial charge < -0.3 is 10.1 Å². The maximum atomic E-state index is 5.86. The number of hydrogen-bond acceptors (Lipinski definition) is 4. The first kappa shape index (κ1) is 12.2. The van der Waals surface area contributed by atoms with E-state index in [-0.39, 0.29) is 0 Å². The van der Waals surface area contributed by atoms with E-state index in [0.717, 1.165) is 44.2 Å². The number of thiophene rings is 1. The monoisotopic (exact) mass is 286 g/mol. The Kier molecular flexibility index (Phi) is 3.13. The second-order valence-electron chi connectivity index (χ2n) is 5.40. The summed E-state index contributed by atoms with van der Waals surface area (Å²) in [5.74, 6) is 1.05. The Balaban J connectivity index is 1.55. The molecule has 2 aliphatic rings. The van der Waals surface area contributed by atoms with Crippen molar-refractivity contribution in [2.24, 2.45) is 0 Å². The van der Waals surface area contributed by atoms with Crippen LogP contribution >= 0.6 is 11.3 Å². The largest absolute Gasteiger partial charge is 0.489 e. The number of benzene rings is 1. The number of anilines is 1. The van der Waals surface area contributed by atoms with Crippen LogP contribution in [0, 0.1) is 0 Å². The maximum absolute atomic E-state index is 5.86. The zero-order valence-electron chi connectivity index (χ0n) is 11.4. The summed E-state index contributed by atoms with van der Waals surface area (Å²) >= 11 is 1.90. The molecular weight excluding hydrogens is 268 g/mol. The lowest BCUT2D eigenvalue weighted by Crippen LogP contribution is -2.29. The lowest BCUT2D eigenvalue weighted by Gasteiger charge is -2.29. The molecule has 3 heterocycles. The van der Waals surface area contributed by atoms with Gasteiger partial charge in [0.25, 0.3) is 0 Å². The summed E-state index contributed by atoms with van der Waals surface area (Å²) in [5, 5.41) is 5.62. The van der Waals surface area contributed by atoms with Crippen molar-refractivity contribution < 1.29 is 4.74 Å². The molecule has 0 bridgehead atoms. The second-order valence-corrected chi connectivity index (χ2v) is 6.40. The smallest absolute Gasteiger partial charge is 0.146 e. The van der Waals surface area contributed by atoms with E-state index < -0.39 is 0 Å². The van der Waals surface area contributed by atoms with Crippen LogP contribution in [0.4, 0.5) is 5.69 Å². The summed E-state index contributed by atoms with van der Waals surface area (Å²) < 4.78 is 5.86. The first-order chi connectivity index (χ1) is 9.90. The van der Waals surface area contributed by atoms with Gasteiger partial charge in [-0.1, -0.05) is 12.1 Å². The Morgan fingerprint density at radius 1 is 1.30 bits per heavy atom. The second kappa shape index (κ2) is 5.11. The molecule has 0 unspecified atom stereocenters. The number of nitrogens with zero attached hydrogens (tertiary/aromatic N) is 1. The van der Waals surface area contributed by atoms with Crippen molar-refractivity contribution in [2.45, 2.75) is 19.5 Å². The van der Waals surface area contributed by atoms with Crippen LogP contribution in [-0.4, -0.2) is 24.6 Å². The Hall–Kier alpha value is -1.52. The summed E-state index contributed by atoms with van der Waals surface area (Å²) in [6, 6.07) is 8.68. The van der Waals surface area contributed by atoms with Gasteiger partial charge in [-0.15, -0.1) is 11.3 Å². The average Bonchev–Trinajstić information content (AvgIpc) is 2.95. The zero-order chi connectivity index (χ0) is 13.4. The highest BCUT2D eigenvalue weighted by molar-refractivity contribution is 7.10. The van der Waals surface area contributed by atoms with Crippen LogP contribution in [0.15, 0.2) is 29.6 Å². The number of nitrogens with one attached hydrogen (secondary N) is 1. The highest BCUT2D eigenvalue weighted by Crippen LogP contribution is 2.33. The summed E-state index contributed by atoms with van der Waals surface area (Å²) in [6.07, 6.45) is 1.18. The molecule has 0 amide bonds. The van der Waals surface area contributed by atoms with Gasteiger partial charge in [-0.05, 0) is 29.5 Å². The predicted octanol–water partition coefficient (Wildman–Crippen LogP) is 3.11. The summed E-state index contributed by atoms with van der Waals surface area (Å²) in [6.45, 7) is 4.85. The average molecular weight is 286 g/mol. The fourth-order valence-electron chi connectivity index (χ4n) is 3.04. The number of rotatable bonds is 2. The molecule has 0 radical (unpaired) electrons. The molecule has 3 nitrogen and oxygen atoms in total. The fraction of sp³-hybridized carbons (Fsp3) is 0.375. The van der Waals surface area contributed by atoms with Crippen LogP contribution < -0.4 is 10.1 Å². The molecule has 104 valence electrons. The van der Waals surface area contributed by atoms with Gasteiger partial charge >= 0.3 is 0 Å². The van der Waals surface area contributed by atoms with Crippen molar-refractivity contribution in [1.29, 1.82) is 0 Å². The minimum absolute atomic E-state index is 0.763. The molecule has 2 aromatic rings. The van der Waals surface area contributed by atoms with Gasteiger partial charge in [0.2, 0.25) is 0 Å². The zero-order valence-corrected chi connectivity index (χ0v) is 12.2. The Morgan fingerprint density at radius 2 is 2.30 bits per heavy atom. The van der Waals surface area contributed by atoms with E-state index in [0.29, 0.717) is 0 Å². The summed E-state index contributed by atoms with van der Waals surface area (Å²) in [4.78, 5) is 4.08. The standard InChI is InChI=1S/C16H18N2OS/c1-2-13(16-14(3-1)17-6-8-19-16)11-18-7-4-15-12(10-18)5-9-20-15/h1-3,5,9,17H,4,6-8,10-11H2. The lowest BCUT2D eigenvalue weighted by molar-refractivity contribution is 0.239. The van der Waals surface area contributed by atoms with Crippen LogP contribution in [0.3, 0.4) is 0 Å². The third-order valence-electron chi connectivity index (χ3n) is 4.04. The van der Waals surface area contributed by atoms with Gasteiger partial charge in [-0.3, -0.25) is 4.90 Å². The third-order valence-corrected chi connectivity index (χ3v) is 5.06. The van der Waals surface area contributed by atoms with E-state index in [1.165, 1.54) is 17.5 Å². The SMILES string of the molecule is c1cc(CN2CCc3sccc3C2)c2c(c1)NCCO2. The topological polar surface area (TPSA) is 24.5 Å². The number of fused-ring (bicyclic) bond motifs is 2. The molecule has 4 heteroatoms. The number of hydrogen-bond donors (Lipinski definition) is 1. The van der Waals surface area contributed by atoms with Crippen molar-refractivity contribution in [3.8, 4) is 5.75 Å². The highest BCUT2D eigenvalue weighted by Gasteiger charge is 2.20. The van der Waals surface area contributed by atoms with E-state index >= 15 is 0 Å². The first-order valence-electron chi connectivity index (χ1n) is 7.16. The quantitative estimate of drug-likeness (QED) is 0.918. The molecule has 0 atom stereocenters. The van der Waals surface area contributed by atoms with Crippen molar-refractivity contribution in [3.63, 3.8) is 0 Å². The highest BCUT2D eigenvalue weighted by atomic mass is 32.1. The number of ether oxygens (including phenoxy) is 1. The van der Waals surface area contributed by atoms with Gasteiger partial charge in [0, 0.05) is 36.6 Å². The van der Waals surface area contributed by atoms with Crippen LogP contribution in [0.5, 0.6) is 5.75 Å². The molecule has 20 heavy (non-hydrogen) atoms. The van der Waals surface area contributed by atoms with Crippen LogP contribution in [0.2, 0.25) is 0 Å². The van der Waals surface area contributed by atoms with Crippen molar-refractivity contribution >= 4 is 17.0 Å². The minimum atomic E-state index is 0.763. The van der Waals surface area contributed by atoms with Gasteiger partial charge in [0.05, 0.1) is 5.69 Å². The fourth-order valence-corrected chi connectivity index (χ4v) is 3.93. The predicted molar refractivity (Wildman–Crippen MR) is 82.6 cm³/mol. The Labute approximate surface area is 123 Å². The maximum Gasteiger partial charge on any atom is 0.146 e. The normalized spacial score (nSPS) is 17.8. The van der Waals surface area contributed by atoms with Crippen molar-refractivity contribution in [3.05, 3.63) is 45.6 Å². The molecule has 0 fully saturated rings. The molecule has 0 aliphatic carbocycles. The Morgan fingerprint density at radius 3 is 3.30 bits per heavy atom. The molecule has 1 N–H and O–H groups in total. The van der Waals surface area contributed by atoms with E-state index in [1.807, 2.05) is 11.3 Å². The van der Waals surface area contributed by atoms with Crippen molar-refractivity contribution in [2.75, 3.05) is 25.0 Å². The van der Waals surface area contributed by atoms with Gasteiger partial charge in [0.15, 0.2) is 0 Å². The van der Waals surface area contributed by atoms with Crippen LogP contribution in [-0.2, 0) is 19.5 Å². The van der Waals surface area contributed by atoms with E-state index in [2.05, 4.69) is 39.9 Å². The summed E-state index contributed by atoms with van der Waals surface area (Å²) in [7, 11) is 0. The first-order valence-corrected chi connectivity index (χ1v) is 8.04. The molecule has 1 aromatic carbocycles. The van der Waals surface area contributed by atoms with Crippen molar-refractivity contribution in [1.82, 2.24) is 4.90 Å². The van der Waals surface area contributed by atoms with E-state index in [4.69, 9.17) is 4.74 Å². The lowest BCUT2D eigenvalue weighted by atomic mass is 10.1. The van der Waals surface area contributed by atoms with E-state index in [1.54, 1.807) is 4.88 Å². The minimum Gasteiger partial charge on any atom is -0.489 e. The van der Waals surface area contributed by atoms with Gasteiger partial charge in [-0.25, -0.2) is 0 Å². The molecule has 0 spiro atoms. The Bertz CT molecular complexity index is 623. The molecule has 1 aromatic heterocycles. The van der Waals surface area contributed by atoms with Crippen LogP contribution in [0.1, 0.15) is 16.0 Å². The molecule has 0 saturated heterocycles. The number of para-hydroxylation sites is 1. The molecule has 0 saturated carbocycles. The van der Waals surface area contributed by atoms with Gasteiger partial charge in [0.1, 0.15) is 12.4 Å². The molecular formula is C16H18N2OS. The molecule has 2 aliphatic heterocycles.